The van der Waals surface area contributed by atoms with Crippen molar-refractivity contribution in [3.63, 3.8) is 0 Å². The number of halogens is 1. The van der Waals surface area contributed by atoms with Crippen molar-refractivity contribution in [1.29, 1.82) is 5.26 Å². The molecule has 0 aliphatic carbocycles. The number of nitriles is 1. The van der Waals surface area contributed by atoms with Gasteiger partial charge in [0.2, 0.25) is 0 Å². The number of carbonyl (C=O) groups is 1. The summed E-state index contributed by atoms with van der Waals surface area (Å²) in [5.74, 6) is 0. The second kappa shape index (κ2) is 7.42. The number of carbonyl (C=O) groups excluding carboxylic acids is 1. The Labute approximate surface area is 153 Å². The molecule has 0 atom stereocenters. The number of nitrogens with one attached hydrogen (secondary N) is 2. The van der Waals surface area contributed by atoms with Crippen molar-refractivity contribution in [2.75, 3.05) is 5.32 Å². The second-order valence-corrected chi connectivity index (χ2v) is 6.78. The van der Waals surface area contributed by atoms with E-state index in [-0.39, 0.29) is 6.03 Å². The quantitative estimate of drug-likeness (QED) is 0.783. The van der Waals surface area contributed by atoms with E-state index in [0.29, 0.717) is 16.3 Å². The summed E-state index contributed by atoms with van der Waals surface area (Å²) in [7, 11) is 0. The van der Waals surface area contributed by atoms with E-state index in [1.165, 1.54) is 6.07 Å². The molecule has 0 spiro atoms. The minimum atomic E-state index is -0.583. The Hall–Kier alpha value is -2.77. The van der Waals surface area contributed by atoms with E-state index in [9.17, 15) is 4.79 Å². The Morgan fingerprint density at radius 1 is 1.24 bits per heavy atom. The zero-order valence-corrected chi connectivity index (χ0v) is 15.2. The van der Waals surface area contributed by atoms with E-state index >= 15 is 0 Å². The van der Waals surface area contributed by atoms with Crippen LogP contribution in [0.25, 0.3) is 5.57 Å². The van der Waals surface area contributed by atoms with Gasteiger partial charge in [0.05, 0.1) is 16.1 Å². The largest absolute Gasteiger partial charge is 0.329 e. The standard InChI is InChI=1S/C20H20ClN3O/c1-13(2)14-6-5-7-16(10-14)20(3,4)24-19(25)23-17-8-9-18(21)15(11-17)12-22/h5-11H,1H2,2-4H3,(H2,23,24,25). The number of urea groups is 1. The average Bonchev–Trinajstić information content (AvgIpc) is 2.56. The van der Waals surface area contributed by atoms with Crippen molar-refractivity contribution < 1.29 is 4.79 Å². The van der Waals surface area contributed by atoms with Gasteiger partial charge in [0.1, 0.15) is 6.07 Å². The zero-order chi connectivity index (χ0) is 18.6. The summed E-state index contributed by atoms with van der Waals surface area (Å²) in [5.41, 5.74) is 3.20. The summed E-state index contributed by atoms with van der Waals surface area (Å²) >= 11 is 5.90. The third kappa shape index (κ3) is 4.62. The number of rotatable bonds is 4. The number of allylic oxidation sites excluding steroid dienone is 1. The first-order valence-electron chi connectivity index (χ1n) is 7.78. The van der Waals surface area contributed by atoms with Gasteiger partial charge in [-0.3, -0.25) is 0 Å². The van der Waals surface area contributed by atoms with Crippen molar-refractivity contribution in [2.24, 2.45) is 0 Å². The lowest BCUT2D eigenvalue weighted by atomic mass is 9.92. The van der Waals surface area contributed by atoms with Gasteiger partial charge in [-0.1, -0.05) is 42.0 Å². The highest BCUT2D eigenvalue weighted by Crippen LogP contribution is 2.24. The number of benzene rings is 2. The fourth-order valence-corrected chi connectivity index (χ4v) is 2.54. The summed E-state index contributed by atoms with van der Waals surface area (Å²) < 4.78 is 0. The van der Waals surface area contributed by atoms with Crippen molar-refractivity contribution in [2.45, 2.75) is 26.3 Å². The van der Waals surface area contributed by atoms with E-state index in [0.717, 1.165) is 16.7 Å². The van der Waals surface area contributed by atoms with Crippen LogP contribution < -0.4 is 10.6 Å². The number of anilines is 1. The molecule has 0 saturated heterocycles. The molecule has 0 aliphatic heterocycles. The van der Waals surface area contributed by atoms with Crippen LogP contribution >= 0.6 is 11.6 Å². The van der Waals surface area contributed by atoms with Crippen molar-refractivity contribution >= 4 is 28.9 Å². The number of nitrogens with zero attached hydrogens (tertiary/aromatic N) is 1. The van der Waals surface area contributed by atoms with Gasteiger partial charge in [-0.05, 0) is 56.2 Å². The van der Waals surface area contributed by atoms with Crippen LogP contribution in [0.3, 0.4) is 0 Å². The van der Waals surface area contributed by atoms with E-state index in [1.807, 2.05) is 51.1 Å². The molecule has 4 nitrogen and oxygen atoms in total. The van der Waals surface area contributed by atoms with Crippen LogP contribution in [0.15, 0.2) is 49.0 Å². The molecule has 0 bridgehead atoms. The third-order valence-electron chi connectivity index (χ3n) is 3.85. The molecule has 2 amide bonds. The minimum absolute atomic E-state index is 0.313. The molecule has 0 heterocycles. The Morgan fingerprint density at radius 2 is 1.96 bits per heavy atom. The fourth-order valence-electron chi connectivity index (χ4n) is 2.38. The number of hydrogen-bond acceptors (Lipinski definition) is 2. The summed E-state index contributed by atoms with van der Waals surface area (Å²) in [6.45, 7) is 9.74. The first kappa shape index (κ1) is 18.6. The predicted octanol–water partition coefficient (Wildman–Crippen LogP) is 5.30. The Kier molecular flexibility index (Phi) is 5.51. The summed E-state index contributed by atoms with van der Waals surface area (Å²) in [6.07, 6.45) is 0. The maximum atomic E-state index is 12.3. The lowest BCUT2D eigenvalue weighted by Crippen LogP contribution is -2.43. The maximum Gasteiger partial charge on any atom is 0.319 e. The van der Waals surface area contributed by atoms with Crippen molar-refractivity contribution in [3.8, 4) is 6.07 Å². The van der Waals surface area contributed by atoms with Crippen LogP contribution in [0.4, 0.5) is 10.5 Å². The van der Waals surface area contributed by atoms with Gasteiger partial charge in [0.25, 0.3) is 0 Å². The van der Waals surface area contributed by atoms with E-state index in [1.54, 1.807) is 12.1 Å². The SMILES string of the molecule is C=C(C)c1cccc(C(C)(C)NC(=O)Nc2ccc(Cl)c(C#N)c2)c1. The topological polar surface area (TPSA) is 64.9 Å². The molecule has 0 saturated carbocycles. The van der Waals surface area contributed by atoms with Gasteiger partial charge in [-0.2, -0.15) is 5.26 Å². The lowest BCUT2D eigenvalue weighted by molar-refractivity contribution is 0.242. The first-order chi connectivity index (χ1) is 11.7. The van der Waals surface area contributed by atoms with Crippen LogP contribution in [-0.2, 0) is 5.54 Å². The van der Waals surface area contributed by atoms with Gasteiger partial charge in [0, 0.05) is 5.69 Å². The van der Waals surface area contributed by atoms with Crippen LogP contribution in [-0.4, -0.2) is 6.03 Å². The molecule has 0 aliphatic rings. The van der Waals surface area contributed by atoms with Gasteiger partial charge in [-0.25, -0.2) is 4.79 Å². The Bertz CT molecular complexity index is 865. The van der Waals surface area contributed by atoms with E-state index < -0.39 is 5.54 Å². The highest BCUT2D eigenvalue weighted by atomic mass is 35.5. The Morgan fingerprint density at radius 3 is 2.60 bits per heavy atom. The fraction of sp³-hybridized carbons (Fsp3) is 0.200. The smallest absolute Gasteiger partial charge is 0.319 e. The average molecular weight is 354 g/mol. The number of amides is 2. The Balaban J connectivity index is 2.15. The maximum absolute atomic E-state index is 12.3. The van der Waals surface area contributed by atoms with Gasteiger partial charge in [0.15, 0.2) is 0 Å². The minimum Gasteiger partial charge on any atom is -0.329 e. The van der Waals surface area contributed by atoms with Crippen molar-refractivity contribution in [1.82, 2.24) is 5.32 Å². The summed E-state index contributed by atoms with van der Waals surface area (Å²) in [6, 6.07) is 14.3. The van der Waals surface area contributed by atoms with Crippen LogP contribution in [0.2, 0.25) is 5.02 Å². The predicted molar refractivity (Wildman–Crippen MR) is 102 cm³/mol. The molecule has 0 fully saturated rings. The monoisotopic (exact) mass is 353 g/mol. The molecular formula is C20H20ClN3O. The van der Waals surface area contributed by atoms with Crippen LogP contribution in [0, 0.1) is 11.3 Å². The molecule has 0 radical (unpaired) electrons. The number of hydrogen-bond donors (Lipinski definition) is 2. The molecule has 2 aromatic rings. The molecule has 0 aromatic heterocycles. The zero-order valence-electron chi connectivity index (χ0n) is 14.5. The van der Waals surface area contributed by atoms with Gasteiger partial charge >= 0.3 is 6.03 Å². The molecule has 5 heteroatoms. The van der Waals surface area contributed by atoms with Crippen LogP contribution in [0.5, 0.6) is 0 Å². The molecule has 2 N–H and O–H groups in total. The summed E-state index contributed by atoms with van der Waals surface area (Å²) in [4.78, 5) is 12.3. The van der Waals surface area contributed by atoms with E-state index in [2.05, 4.69) is 17.2 Å². The second-order valence-electron chi connectivity index (χ2n) is 6.37. The third-order valence-corrected chi connectivity index (χ3v) is 4.18. The lowest BCUT2D eigenvalue weighted by Gasteiger charge is -2.27. The molecule has 25 heavy (non-hydrogen) atoms. The molecular weight excluding hydrogens is 334 g/mol. The van der Waals surface area contributed by atoms with Crippen LogP contribution in [0.1, 0.15) is 37.5 Å². The summed E-state index contributed by atoms with van der Waals surface area (Å²) in [5, 5.41) is 15.0. The molecule has 128 valence electrons. The van der Waals surface area contributed by atoms with Gasteiger partial charge in [-0.15, -0.1) is 0 Å². The molecule has 2 aromatic carbocycles. The highest BCUT2D eigenvalue weighted by molar-refractivity contribution is 6.31. The van der Waals surface area contributed by atoms with E-state index in [4.69, 9.17) is 16.9 Å². The molecule has 2 rings (SSSR count). The molecule has 0 unspecified atom stereocenters. The first-order valence-corrected chi connectivity index (χ1v) is 8.16. The normalized spacial score (nSPS) is 10.7. The highest BCUT2D eigenvalue weighted by Gasteiger charge is 2.23. The van der Waals surface area contributed by atoms with Crippen molar-refractivity contribution in [3.05, 3.63) is 70.8 Å². The van der Waals surface area contributed by atoms with Gasteiger partial charge < -0.3 is 10.6 Å².